The van der Waals surface area contributed by atoms with Gasteiger partial charge >= 0.3 is 5.97 Å². The second-order valence-electron chi connectivity index (χ2n) is 4.14. The molecule has 1 atom stereocenters. The lowest BCUT2D eigenvalue weighted by molar-refractivity contribution is -0.139. The third-order valence-corrected chi connectivity index (χ3v) is 2.92. The number of unbranched alkanes of at least 4 members (excludes halogenated alkanes) is 1. The van der Waals surface area contributed by atoms with Gasteiger partial charge in [-0.3, -0.25) is 4.79 Å². The van der Waals surface area contributed by atoms with Gasteiger partial charge in [-0.15, -0.1) is 0 Å². The molecule has 1 aromatic carbocycles. The number of carbonyl (C=O) groups is 2. The van der Waals surface area contributed by atoms with Crippen LogP contribution in [0.4, 0.5) is 4.39 Å². The molecule has 0 bridgehead atoms. The van der Waals surface area contributed by atoms with Gasteiger partial charge in [-0.05, 0) is 24.6 Å². The molecule has 19 heavy (non-hydrogen) atoms. The summed E-state index contributed by atoms with van der Waals surface area (Å²) in [6.07, 6.45) is 1.88. The summed E-state index contributed by atoms with van der Waals surface area (Å²) < 4.78 is 13.0. The van der Waals surface area contributed by atoms with E-state index < -0.39 is 23.7 Å². The van der Waals surface area contributed by atoms with Crippen LogP contribution in [0, 0.1) is 5.82 Å². The minimum absolute atomic E-state index is 0.133. The molecule has 1 rings (SSSR count). The van der Waals surface area contributed by atoms with Gasteiger partial charge in [0.05, 0.1) is 5.02 Å². The summed E-state index contributed by atoms with van der Waals surface area (Å²) in [4.78, 5) is 22.8. The third kappa shape index (κ3) is 4.52. The first-order valence-corrected chi connectivity index (χ1v) is 6.32. The number of halogens is 2. The molecule has 0 radical (unpaired) electrons. The summed E-state index contributed by atoms with van der Waals surface area (Å²) >= 11 is 5.57. The van der Waals surface area contributed by atoms with Gasteiger partial charge in [0.25, 0.3) is 5.91 Å². The van der Waals surface area contributed by atoms with Crippen molar-refractivity contribution in [1.29, 1.82) is 0 Å². The maximum atomic E-state index is 13.0. The Hall–Kier alpha value is -1.62. The lowest BCUT2D eigenvalue weighted by Crippen LogP contribution is -2.40. The zero-order chi connectivity index (χ0) is 14.4. The molecule has 0 heterocycles. The Bertz CT molecular complexity index is 479. The molecule has 104 valence electrons. The predicted molar refractivity (Wildman–Crippen MR) is 69.8 cm³/mol. The van der Waals surface area contributed by atoms with Crippen molar-refractivity contribution < 1.29 is 19.1 Å². The zero-order valence-electron chi connectivity index (χ0n) is 10.5. The summed E-state index contributed by atoms with van der Waals surface area (Å²) in [6, 6.07) is 2.55. The average Bonchev–Trinajstić information content (AvgIpc) is 2.37. The van der Waals surface area contributed by atoms with Gasteiger partial charge in [-0.1, -0.05) is 31.4 Å². The fourth-order valence-corrected chi connectivity index (χ4v) is 1.73. The fourth-order valence-electron chi connectivity index (χ4n) is 1.54. The number of nitrogens with one attached hydrogen (secondary N) is 1. The highest BCUT2D eigenvalue weighted by atomic mass is 35.5. The van der Waals surface area contributed by atoms with E-state index >= 15 is 0 Å². The maximum Gasteiger partial charge on any atom is 0.326 e. The Morgan fingerprint density at radius 3 is 2.68 bits per heavy atom. The standard InChI is InChI=1S/C13H15ClFNO3/c1-2-3-4-11(13(18)19)16-12(17)8-5-6-10(15)9(14)7-8/h5-7,11H,2-4H2,1H3,(H,16,17)(H,18,19). The van der Waals surface area contributed by atoms with Crippen molar-refractivity contribution in [3.63, 3.8) is 0 Å². The number of carbonyl (C=O) groups excluding carboxylic acids is 1. The highest BCUT2D eigenvalue weighted by Gasteiger charge is 2.20. The molecule has 0 fully saturated rings. The van der Waals surface area contributed by atoms with E-state index in [2.05, 4.69) is 5.32 Å². The summed E-state index contributed by atoms with van der Waals surface area (Å²) in [5, 5.41) is 11.2. The number of carboxylic acids is 1. The van der Waals surface area contributed by atoms with Gasteiger partial charge in [0.1, 0.15) is 11.9 Å². The van der Waals surface area contributed by atoms with Gasteiger partial charge < -0.3 is 10.4 Å². The van der Waals surface area contributed by atoms with E-state index in [0.717, 1.165) is 12.5 Å². The second kappa shape index (κ2) is 7.09. The van der Waals surface area contributed by atoms with Gasteiger partial charge in [-0.25, -0.2) is 9.18 Å². The van der Waals surface area contributed by atoms with Gasteiger partial charge in [-0.2, -0.15) is 0 Å². The quantitative estimate of drug-likeness (QED) is 0.845. The van der Waals surface area contributed by atoms with Gasteiger partial charge in [0.15, 0.2) is 0 Å². The van der Waals surface area contributed by atoms with Crippen LogP contribution < -0.4 is 5.32 Å². The smallest absolute Gasteiger partial charge is 0.326 e. The van der Waals surface area contributed by atoms with Crippen molar-refractivity contribution >= 4 is 23.5 Å². The Kier molecular flexibility index (Phi) is 5.76. The van der Waals surface area contributed by atoms with Crippen molar-refractivity contribution in [3.8, 4) is 0 Å². The van der Waals surface area contributed by atoms with E-state index in [1.54, 1.807) is 0 Å². The molecule has 4 nitrogen and oxygen atoms in total. The van der Waals surface area contributed by atoms with E-state index in [1.807, 2.05) is 6.92 Å². The number of amides is 1. The molecule has 2 N–H and O–H groups in total. The van der Waals surface area contributed by atoms with Crippen LogP contribution in [0.5, 0.6) is 0 Å². The van der Waals surface area contributed by atoms with Crippen LogP contribution in [0.2, 0.25) is 5.02 Å². The highest BCUT2D eigenvalue weighted by Crippen LogP contribution is 2.16. The first kappa shape index (κ1) is 15.4. The lowest BCUT2D eigenvalue weighted by atomic mass is 10.1. The van der Waals surface area contributed by atoms with Crippen LogP contribution >= 0.6 is 11.6 Å². The van der Waals surface area contributed by atoms with Gasteiger partial charge in [0.2, 0.25) is 0 Å². The molecule has 0 aliphatic rings. The number of aliphatic carboxylic acids is 1. The molecular formula is C13H15ClFNO3. The number of benzene rings is 1. The Labute approximate surface area is 115 Å². The Morgan fingerprint density at radius 1 is 1.47 bits per heavy atom. The largest absolute Gasteiger partial charge is 0.480 e. The highest BCUT2D eigenvalue weighted by molar-refractivity contribution is 6.31. The molecule has 0 aromatic heterocycles. The number of hydrogen-bond donors (Lipinski definition) is 2. The van der Waals surface area contributed by atoms with E-state index in [4.69, 9.17) is 16.7 Å². The molecule has 0 aliphatic carbocycles. The molecule has 1 amide bonds. The zero-order valence-corrected chi connectivity index (χ0v) is 11.2. The molecule has 0 saturated carbocycles. The van der Waals surface area contributed by atoms with E-state index in [1.165, 1.54) is 12.1 Å². The van der Waals surface area contributed by atoms with Crippen molar-refractivity contribution in [2.24, 2.45) is 0 Å². The van der Waals surface area contributed by atoms with Crippen LogP contribution in [0.25, 0.3) is 0 Å². The van der Waals surface area contributed by atoms with Crippen molar-refractivity contribution in [3.05, 3.63) is 34.6 Å². The second-order valence-corrected chi connectivity index (χ2v) is 4.54. The van der Waals surface area contributed by atoms with Crippen LogP contribution in [-0.4, -0.2) is 23.0 Å². The monoisotopic (exact) mass is 287 g/mol. The van der Waals surface area contributed by atoms with Crippen LogP contribution in [0.1, 0.15) is 36.5 Å². The summed E-state index contributed by atoms with van der Waals surface area (Å²) in [6.45, 7) is 1.93. The molecule has 1 aromatic rings. The molecule has 0 spiro atoms. The van der Waals surface area contributed by atoms with E-state index in [-0.39, 0.29) is 10.6 Å². The molecule has 0 aliphatic heterocycles. The van der Waals surface area contributed by atoms with Crippen LogP contribution in [-0.2, 0) is 4.79 Å². The van der Waals surface area contributed by atoms with E-state index in [9.17, 15) is 14.0 Å². The summed E-state index contributed by atoms with van der Waals surface area (Å²) in [5.74, 6) is -2.29. The maximum absolute atomic E-state index is 13.0. The number of hydrogen-bond acceptors (Lipinski definition) is 2. The normalized spacial score (nSPS) is 11.9. The van der Waals surface area contributed by atoms with Crippen molar-refractivity contribution in [1.82, 2.24) is 5.32 Å². The topological polar surface area (TPSA) is 66.4 Å². The molecular weight excluding hydrogens is 273 g/mol. The molecule has 0 saturated heterocycles. The third-order valence-electron chi connectivity index (χ3n) is 2.63. The average molecular weight is 288 g/mol. The minimum atomic E-state index is -1.09. The summed E-state index contributed by atoms with van der Waals surface area (Å²) in [7, 11) is 0. The number of carboxylic acid groups (broad SMARTS) is 1. The predicted octanol–water partition coefficient (Wildman–Crippen LogP) is 2.85. The first-order valence-electron chi connectivity index (χ1n) is 5.94. The Morgan fingerprint density at radius 2 is 2.16 bits per heavy atom. The van der Waals surface area contributed by atoms with Gasteiger partial charge in [0, 0.05) is 5.56 Å². The van der Waals surface area contributed by atoms with Crippen molar-refractivity contribution in [2.75, 3.05) is 0 Å². The SMILES string of the molecule is CCCCC(NC(=O)c1ccc(F)c(Cl)c1)C(=O)O. The van der Waals surface area contributed by atoms with Crippen LogP contribution in [0.3, 0.4) is 0 Å². The fraction of sp³-hybridized carbons (Fsp3) is 0.385. The minimum Gasteiger partial charge on any atom is -0.480 e. The van der Waals surface area contributed by atoms with Crippen molar-refractivity contribution in [2.45, 2.75) is 32.2 Å². The lowest BCUT2D eigenvalue weighted by Gasteiger charge is -2.14. The molecule has 1 unspecified atom stereocenters. The number of rotatable bonds is 6. The Balaban J connectivity index is 2.75. The first-order chi connectivity index (χ1) is 8.95. The summed E-state index contributed by atoms with van der Waals surface area (Å²) in [5.41, 5.74) is 0.133. The molecule has 6 heteroatoms. The van der Waals surface area contributed by atoms with E-state index in [0.29, 0.717) is 12.8 Å². The van der Waals surface area contributed by atoms with Crippen LogP contribution in [0.15, 0.2) is 18.2 Å².